The largest absolute Gasteiger partial charge is 0.477 e. The van der Waals surface area contributed by atoms with Crippen molar-refractivity contribution in [2.75, 3.05) is 31.1 Å². The summed E-state index contributed by atoms with van der Waals surface area (Å²) in [5, 5.41) is 9.03. The zero-order chi connectivity index (χ0) is 17.3. The Morgan fingerprint density at radius 3 is 2.46 bits per heavy atom. The average molecular weight is 329 g/mol. The highest BCUT2D eigenvalue weighted by atomic mass is 16.4. The van der Waals surface area contributed by atoms with Gasteiger partial charge in [-0.2, -0.15) is 0 Å². The summed E-state index contributed by atoms with van der Waals surface area (Å²) in [7, 11) is 0. The molecule has 24 heavy (non-hydrogen) atoms. The van der Waals surface area contributed by atoms with Gasteiger partial charge in [0.2, 0.25) is 0 Å². The van der Waals surface area contributed by atoms with Crippen LogP contribution in [0.1, 0.15) is 32.4 Å². The van der Waals surface area contributed by atoms with E-state index in [1.54, 1.807) is 30.0 Å². The minimum Gasteiger partial charge on any atom is -0.477 e. The molecule has 0 unspecified atom stereocenters. The maximum atomic E-state index is 12.6. The van der Waals surface area contributed by atoms with Crippen molar-refractivity contribution in [3.8, 4) is 0 Å². The van der Waals surface area contributed by atoms with Crippen LogP contribution in [0, 0.1) is 13.8 Å². The number of carboxylic acid groups (broad SMARTS) is 1. The molecule has 0 radical (unpaired) electrons. The third-order valence-corrected chi connectivity index (χ3v) is 4.12. The number of carbonyl (C=O) groups excluding carboxylic acids is 1. The van der Waals surface area contributed by atoms with E-state index in [9.17, 15) is 9.59 Å². The molecule has 7 heteroatoms. The lowest BCUT2D eigenvalue weighted by Gasteiger charge is -2.35. The van der Waals surface area contributed by atoms with Gasteiger partial charge in [0, 0.05) is 26.2 Å². The molecule has 3 heterocycles. The highest BCUT2D eigenvalue weighted by Crippen LogP contribution is 2.19. The van der Waals surface area contributed by atoms with Crippen LogP contribution in [0.4, 0.5) is 5.82 Å². The number of furan rings is 1. The first kappa shape index (κ1) is 16.0. The summed E-state index contributed by atoms with van der Waals surface area (Å²) in [5.74, 6) is 0.907. The molecule has 1 fully saturated rings. The molecular formula is C17H19N3O4. The summed E-state index contributed by atoms with van der Waals surface area (Å²) in [4.78, 5) is 31.5. The molecule has 1 aliphatic rings. The predicted octanol–water partition coefficient (Wildman–Crippen LogP) is 1.95. The predicted molar refractivity (Wildman–Crippen MR) is 87.5 cm³/mol. The highest BCUT2D eigenvalue weighted by molar-refractivity contribution is 5.95. The standard InChI is InChI=1S/C17H19N3O4/c1-11-10-13(12(2)24-11)16(21)20-8-6-19(7-9-20)15-5-3-4-14(18-15)17(22)23/h3-5,10H,6-9H2,1-2H3,(H,22,23). The minimum atomic E-state index is -1.04. The van der Waals surface area contributed by atoms with Crippen molar-refractivity contribution in [3.05, 3.63) is 47.0 Å². The number of aryl methyl sites for hydroxylation is 2. The number of aromatic nitrogens is 1. The van der Waals surface area contributed by atoms with Gasteiger partial charge < -0.3 is 19.3 Å². The fourth-order valence-electron chi connectivity index (χ4n) is 2.87. The Hall–Kier alpha value is -2.83. The SMILES string of the molecule is Cc1cc(C(=O)N2CCN(c3cccc(C(=O)O)n3)CC2)c(C)o1. The molecule has 0 atom stereocenters. The van der Waals surface area contributed by atoms with Gasteiger partial charge in [-0.25, -0.2) is 9.78 Å². The van der Waals surface area contributed by atoms with Gasteiger partial charge in [-0.3, -0.25) is 4.79 Å². The first-order valence-corrected chi connectivity index (χ1v) is 7.77. The van der Waals surface area contributed by atoms with Crippen molar-refractivity contribution in [1.82, 2.24) is 9.88 Å². The van der Waals surface area contributed by atoms with Crippen LogP contribution in [-0.4, -0.2) is 53.0 Å². The lowest BCUT2D eigenvalue weighted by Crippen LogP contribution is -2.49. The van der Waals surface area contributed by atoms with Crippen LogP contribution in [0.5, 0.6) is 0 Å². The fourth-order valence-corrected chi connectivity index (χ4v) is 2.87. The summed E-state index contributed by atoms with van der Waals surface area (Å²) in [6.45, 7) is 5.94. The van der Waals surface area contributed by atoms with E-state index < -0.39 is 5.97 Å². The van der Waals surface area contributed by atoms with Crippen LogP contribution in [0.15, 0.2) is 28.7 Å². The average Bonchev–Trinajstić information content (AvgIpc) is 2.93. The topological polar surface area (TPSA) is 86.9 Å². The molecule has 7 nitrogen and oxygen atoms in total. The second-order valence-electron chi connectivity index (χ2n) is 5.79. The van der Waals surface area contributed by atoms with Gasteiger partial charge >= 0.3 is 5.97 Å². The van der Waals surface area contributed by atoms with Crippen LogP contribution >= 0.6 is 0 Å². The summed E-state index contributed by atoms with van der Waals surface area (Å²) in [6, 6.07) is 6.70. The monoisotopic (exact) mass is 329 g/mol. The summed E-state index contributed by atoms with van der Waals surface area (Å²) in [5.41, 5.74) is 0.627. The molecule has 3 rings (SSSR count). The maximum absolute atomic E-state index is 12.6. The summed E-state index contributed by atoms with van der Waals surface area (Å²) in [6.07, 6.45) is 0. The van der Waals surface area contributed by atoms with Crippen LogP contribution in [-0.2, 0) is 0 Å². The smallest absolute Gasteiger partial charge is 0.354 e. The molecule has 1 aliphatic heterocycles. The molecule has 1 N–H and O–H groups in total. The molecule has 126 valence electrons. The number of amides is 1. The lowest BCUT2D eigenvalue weighted by molar-refractivity contribution is 0.0690. The van der Waals surface area contributed by atoms with E-state index in [-0.39, 0.29) is 11.6 Å². The summed E-state index contributed by atoms with van der Waals surface area (Å²) < 4.78 is 5.43. The summed E-state index contributed by atoms with van der Waals surface area (Å²) >= 11 is 0. The maximum Gasteiger partial charge on any atom is 0.354 e. The molecule has 1 saturated heterocycles. The van der Waals surface area contributed by atoms with Crippen LogP contribution in [0.2, 0.25) is 0 Å². The lowest BCUT2D eigenvalue weighted by atomic mass is 10.2. The first-order valence-electron chi connectivity index (χ1n) is 7.77. The number of piperazine rings is 1. The Bertz CT molecular complexity index is 776. The van der Waals surface area contributed by atoms with Gasteiger partial charge in [-0.15, -0.1) is 0 Å². The van der Waals surface area contributed by atoms with Crippen molar-refractivity contribution >= 4 is 17.7 Å². The number of rotatable bonds is 3. The molecule has 0 bridgehead atoms. The quantitative estimate of drug-likeness (QED) is 0.926. The zero-order valence-corrected chi connectivity index (χ0v) is 13.7. The van der Waals surface area contributed by atoms with Crippen molar-refractivity contribution in [1.29, 1.82) is 0 Å². The van der Waals surface area contributed by atoms with E-state index in [0.717, 1.165) is 5.76 Å². The van der Waals surface area contributed by atoms with Gasteiger partial charge in [0.05, 0.1) is 5.56 Å². The van der Waals surface area contributed by atoms with Gasteiger partial charge in [-0.1, -0.05) is 6.07 Å². The number of nitrogens with zero attached hydrogens (tertiary/aromatic N) is 3. The highest BCUT2D eigenvalue weighted by Gasteiger charge is 2.25. The minimum absolute atomic E-state index is 0.0236. The van der Waals surface area contributed by atoms with Gasteiger partial charge in [0.1, 0.15) is 17.3 Å². The third-order valence-electron chi connectivity index (χ3n) is 4.12. The van der Waals surface area contributed by atoms with E-state index >= 15 is 0 Å². The number of anilines is 1. The second kappa shape index (κ2) is 6.35. The van der Waals surface area contributed by atoms with E-state index in [2.05, 4.69) is 4.98 Å². The van der Waals surface area contributed by atoms with Crippen molar-refractivity contribution in [2.24, 2.45) is 0 Å². The van der Waals surface area contributed by atoms with Crippen LogP contribution in [0.3, 0.4) is 0 Å². The molecule has 1 amide bonds. The van der Waals surface area contributed by atoms with Crippen molar-refractivity contribution in [3.63, 3.8) is 0 Å². The van der Waals surface area contributed by atoms with Gasteiger partial charge in [-0.05, 0) is 32.0 Å². The third kappa shape index (κ3) is 3.10. The second-order valence-corrected chi connectivity index (χ2v) is 5.79. The van der Waals surface area contributed by atoms with Crippen LogP contribution in [0.25, 0.3) is 0 Å². The molecular weight excluding hydrogens is 310 g/mol. The molecule has 2 aromatic heterocycles. The van der Waals surface area contributed by atoms with Crippen LogP contribution < -0.4 is 4.90 Å². The van der Waals surface area contributed by atoms with Gasteiger partial charge in [0.15, 0.2) is 5.69 Å². The zero-order valence-electron chi connectivity index (χ0n) is 13.7. The van der Waals surface area contributed by atoms with E-state index in [4.69, 9.17) is 9.52 Å². The van der Waals surface area contributed by atoms with Crippen molar-refractivity contribution < 1.29 is 19.1 Å². The Labute approximate surface area is 139 Å². The number of hydrogen-bond donors (Lipinski definition) is 1. The fraction of sp³-hybridized carbons (Fsp3) is 0.353. The molecule has 0 spiro atoms. The number of aromatic carboxylic acids is 1. The Kier molecular flexibility index (Phi) is 4.24. The van der Waals surface area contributed by atoms with Crippen molar-refractivity contribution in [2.45, 2.75) is 13.8 Å². The normalized spacial score (nSPS) is 14.8. The first-order chi connectivity index (χ1) is 11.5. The van der Waals surface area contributed by atoms with E-state index in [1.165, 1.54) is 6.07 Å². The number of carbonyl (C=O) groups is 2. The Morgan fingerprint density at radius 1 is 1.17 bits per heavy atom. The number of carboxylic acids is 1. The Morgan fingerprint density at radius 2 is 1.88 bits per heavy atom. The van der Waals surface area contributed by atoms with E-state index in [0.29, 0.717) is 43.3 Å². The van der Waals surface area contributed by atoms with Gasteiger partial charge in [0.25, 0.3) is 5.91 Å². The molecule has 0 saturated carbocycles. The number of pyridine rings is 1. The Balaban J connectivity index is 1.67. The number of hydrogen-bond acceptors (Lipinski definition) is 5. The molecule has 2 aromatic rings. The molecule has 0 aliphatic carbocycles. The van der Waals surface area contributed by atoms with E-state index in [1.807, 2.05) is 11.8 Å². The molecule has 0 aromatic carbocycles.